The van der Waals surface area contributed by atoms with Gasteiger partial charge in [0, 0.05) is 28.7 Å². The molecule has 1 heterocycles. The Kier molecular flexibility index (Phi) is 6.33. The van der Waals surface area contributed by atoms with E-state index >= 15 is 0 Å². The summed E-state index contributed by atoms with van der Waals surface area (Å²) in [6.07, 6.45) is 2.32. The molecule has 6 nitrogen and oxygen atoms in total. The number of carbonyl (C=O) groups is 2. The van der Waals surface area contributed by atoms with Crippen LogP contribution in [0.1, 0.15) is 42.8 Å². The van der Waals surface area contributed by atoms with Crippen molar-refractivity contribution in [2.45, 2.75) is 47.1 Å². The summed E-state index contributed by atoms with van der Waals surface area (Å²) in [5.41, 5.74) is 7.50. The van der Waals surface area contributed by atoms with Crippen LogP contribution in [0.5, 0.6) is 0 Å². The predicted molar refractivity (Wildman–Crippen MR) is 104 cm³/mol. The molecule has 0 bridgehead atoms. The normalized spacial score (nSPS) is 12.2. The smallest absolute Gasteiger partial charge is 0.329 e. The Labute approximate surface area is 154 Å². The van der Waals surface area contributed by atoms with Crippen molar-refractivity contribution in [3.8, 4) is 5.69 Å². The van der Waals surface area contributed by atoms with Crippen molar-refractivity contribution in [2.24, 2.45) is 5.10 Å². The highest BCUT2D eigenvalue weighted by Crippen LogP contribution is 2.20. The Balaban J connectivity index is 2.11. The molecule has 0 spiro atoms. The molecule has 0 aliphatic heterocycles. The van der Waals surface area contributed by atoms with Gasteiger partial charge in [0.2, 0.25) is 0 Å². The number of benzene rings is 1. The minimum absolute atomic E-state index is 0.0505. The van der Waals surface area contributed by atoms with Gasteiger partial charge in [-0.1, -0.05) is 19.1 Å². The zero-order chi connectivity index (χ0) is 19.3. The fourth-order valence-corrected chi connectivity index (χ4v) is 2.69. The molecule has 0 saturated heterocycles. The maximum Gasteiger partial charge on any atom is 0.329 e. The fourth-order valence-electron chi connectivity index (χ4n) is 2.69. The van der Waals surface area contributed by atoms with Gasteiger partial charge in [0.25, 0.3) is 0 Å². The lowest BCUT2D eigenvalue weighted by Gasteiger charge is -2.10. The van der Waals surface area contributed by atoms with Gasteiger partial charge in [-0.15, -0.1) is 0 Å². The molecule has 26 heavy (non-hydrogen) atoms. The van der Waals surface area contributed by atoms with E-state index in [1.807, 2.05) is 39.8 Å². The molecule has 0 fully saturated rings. The maximum absolute atomic E-state index is 11.8. The molecule has 0 aliphatic carbocycles. The van der Waals surface area contributed by atoms with E-state index < -0.39 is 11.8 Å². The van der Waals surface area contributed by atoms with Crippen molar-refractivity contribution < 1.29 is 9.59 Å². The third kappa shape index (κ3) is 4.59. The number of hydrogen-bond donors (Lipinski definition) is 2. The molecule has 2 aromatic rings. The van der Waals surface area contributed by atoms with Crippen LogP contribution in [0, 0.1) is 20.8 Å². The number of hydrazone groups is 1. The van der Waals surface area contributed by atoms with Gasteiger partial charge in [-0.3, -0.25) is 9.59 Å². The number of aromatic nitrogens is 1. The quantitative estimate of drug-likeness (QED) is 0.492. The summed E-state index contributed by atoms with van der Waals surface area (Å²) >= 11 is 0. The lowest BCUT2D eigenvalue weighted by molar-refractivity contribution is -0.139. The second kappa shape index (κ2) is 8.47. The SMILES string of the molecule is CC[C@@H](C)NC(=O)C(=O)N/N=C\c1cc(C)n(-c2cccc(C)c2)c1C. The molecule has 138 valence electrons. The van der Waals surface area contributed by atoms with Crippen LogP contribution in [0.2, 0.25) is 0 Å². The molecule has 2 rings (SSSR count). The molecule has 0 radical (unpaired) electrons. The van der Waals surface area contributed by atoms with Crippen molar-refractivity contribution in [2.75, 3.05) is 0 Å². The minimum Gasteiger partial charge on any atom is -0.345 e. The molecule has 1 aromatic carbocycles. The number of rotatable bonds is 5. The average Bonchev–Trinajstić information content (AvgIpc) is 2.88. The summed E-state index contributed by atoms with van der Waals surface area (Å²) < 4.78 is 2.13. The van der Waals surface area contributed by atoms with Crippen LogP contribution in [0.3, 0.4) is 0 Å². The Morgan fingerprint density at radius 3 is 2.58 bits per heavy atom. The van der Waals surface area contributed by atoms with Crippen molar-refractivity contribution >= 4 is 18.0 Å². The molecule has 2 N–H and O–H groups in total. The second-order valence-corrected chi connectivity index (χ2v) is 6.48. The van der Waals surface area contributed by atoms with Crippen LogP contribution >= 0.6 is 0 Å². The molecule has 6 heteroatoms. The maximum atomic E-state index is 11.8. The Morgan fingerprint density at radius 2 is 1.92 bits per heavy atom. The van der Waals surface area contributed by atoms with E-state index in [0.29, 0.717) is 0 Å². The first-order valence-electron chi connectivity index (χ1n) is 8.73. The molecule has 0 aliphatic rings. The highest BCUT2D eigenvalue weighted by atomic mass is 16.2. The Bertz CT molecular complexity index is 836. The van der Waals surface area contributed by atoms with Crippen molar-refractivity contribution in [3.05, 3.63) is 52.8 Å². The summed E-state index contributed by atoms with van der Waals surface area (Å²) in [6.45, 7) is 9.85. The van der Waals surface area contributed by atoms with Gasteiger partial charge in [0.15, 0.2) is 0 Å². The third-order valence-electron chi connectivity index (χ3n) is 4.30. The molecule has 0 saturated carbocycles. The second-order valence-electron chi connectivity index (χ2n) is 6.48. The lowest BCUT2D eigenvalue weighted by Crippen LogP contribution is -2.41. The van der Waals surface area contributed by atoms with Gasteiger partial charge < -0.3 is 9.88 Å². The van der Waals surface area contributed by atoms with Crippen LogP contribution in [-0.2, 0) is 9.59 Å². The van der Waals surface area contributed by atoms with Gasteiger partial charge in [-0.25, -0.2) is 5.43 Å². The molecule has 1 aromatic heterocycles. The molecular weight excluding hydrogens is 328 g/mol. The monoisotopic (exact) mass is 354 g/mol. The van der Waals surface area contributed by atoms with E-state index in [1.54, 1.807) is 6.21 Å². The number of amides is 2. The van der Waals surface area contributed by atoms with Crippen molar-refractivity contribution in [1.29, 1.82) is 0 Å². The van der Waals surface area contributed by atoms with E-state index in [0.717, 1.165) is 29.1 Å². The lowest BCUT2D eigenvalue weighted by atomic mass is 10.2. The predicted octanol–water partition coefficient (Wildman–Crippen LogP) is 2.77. The van der Waals surface area contributed by atoms with Crippen LogP contribution in [-0.4, -0.2) is 28.6 Å². The van der Waals surface area contributed by atoms with Crippen molar-refractivity contribution in [3.63, 3.8) is 0 Å². The average molecular weight is 354 g/mol. The van der Waals surface area contributed by atoms with Crippen LogP contribution in [0.4, 0.5) is 0 Å². The first-order valence-corrected chi connectivity index (χ1v) is 8.73. The number of nitrogens with zero attached hydrogens (tertiary/aromatic N) is 2. The van der Waals surface area contributed by atoms with Gasteiger partial charge in [-0.05, 0) is 57.9 Å². The summed E-state index contributed by atoms with van der Waals surface area (Å²) in [5.74, 6) is -1.45. The highest BCUT2D eigenvalue weighted by Gasteiger charge is 2.14. The zero-order valence-electron chi connectivity index (χ0n) is 16.0. The van der Waals surface area contributed by atoms with Gasteiger partial charge >= 0.3 is 11.8 Å². The molecule has 1 atom stereocenters. The van der Waals surface area contributed by atoms with Gasteiger partial charge in [-0.2, -0.15) is 5.10 Å². The Hall–Kier alpha value is -2.89. The summed E-state index contributed by atoms with van der Waals surface area (Å²) in [6, 6.07) is 10.2. The zero-order valence-corrected chi connectivity index (χ0v) is 16.0. The van der Waals surface area contributed by atoms with Crippen LogP contribution < -0.4 is 10.7 Å². The standard InChI is InChI=1S/C20H26N4O2/c1-6-14(3)22-19(25)20(26)23-21-12-17-11-15(4)24(16(17)5)18-9-7-8-13(2)10-18/h7-12,14H,6H2,1-5H3,(H,22,25)(H,23,26)/b21-12-/t14-/m1/s1. The summed E-state index contributed by atoms with van der Waals surface area (Å²) in [4.78, 5) is 23.5. The van der Waals surface area contributed by atoms with E-state index in [1.165, 1.54) is 5.56 Å². The number of aryl methyl sites for hydroxylation is 2. The van der Waals surface area contributed by atoms with Crippen LogP contribution in [0.25, 0.3) is 5.69 Å². The fraction of sp³-hybridized carbons (Fsp3) is 0.350. The molecule has 0 unspecified atom stereocenters. The number of nitrogens with one attached hydrogen (secondary N) is 2. The van der Waals surface area contributed by atoms with E-state index in [-0.39, 0.29) is 6.04 Å². The molecule has 2 amide bonds. The van der Waals surface area contributed by atoms with Gasteiger partial charge in [0.05, 0.1) is 6.21 Å². The largest absolute Gasteiger partial charge is 0.345 e. The first kappa shape index (κ1) is 19.4. The summed E-state index contributed by atoms with van der Waals surface area (Å²) in [5, 5.41) is 6.52. The number of hydrogen-bond acceptors (Lipinski definition) is 3. The van der Waals surface area contributed by atoms with E-state index in [2.05, 4.69) is 45.5 Å². The topological polar surface area (TPSA) is 75.5 Å². The molecular formula is C20H26N4O2. The first-order chi connectivity index (χ1) is 12.3. The van der Waals surface area contributed by atoms with Crippen molar-refractivity contribution in [1.82, 2.24) is 15.3 Å². The highest BCUT2D eigenvalue weighted by molar-refractivity contribution is 6.35. The number of carbonyl (C=O) groups excluding carboxylic acids is 2. The summed E-state index contributed by atoms with van der Waals surface area (Å²) in [7, 11) is 0. The van der Waals surface area contributed by atoms with Crippen LogP contribution in [0.15, 0.2) is 35.4 Å². The van der Waals surface area contributed by atoms with E-state index in [4.69, 9.17) is 0 Å². The van der Waals surface area contributed by atoms with Gasteiger partial charge in [0.1, 0.15) is 0 Å². The third-order valence-corrected chi connectivity index (χ3v) is 4.30. The minimum atomic E-state index is -0.769. The Morgan fingerprint density at radius 1 is 1.19 bits per heavy atom. The van der Waals surface area contributed by atoms with E-state index in [9.17, 15) is 9.59 Å².